The largest absolute Gasteiger partial charge is 0.481 e. The van der Waals surface area contributed by atoms with Crippen LogP contribution in [-0.2, 0) is 11.3 Å². The Hall–Kier alpha value is -1.13. The van der Waals surface area contributed by atoms with E-state index in [-0.39, 0.29) is 24.0 Å². The van der Waals surface area contributed by atoms with E-state index in [9.17, 15) is 0 Å². The van der Waals surface area contributed by atoms with Gasteiger partial charge in [0.1, 0.15) is 0 Å². The van der Waals surface area contributed by atoms with Crippen LogP contribution in [-0.4, -0.2) is 69.4 Å². The van der Waals surface area contributed by atoms with Gasteiger partial charge in [0, 0.05) is 52.0 Å². The summed E-state index contributed by atoms with van der Waals surface area (Å²) in [7, 11) is 3.39. The van der Waals surface area contributed by atoms with E-state index in [0.29, 0.717) is 12.4 Å². The first kappa shape index (κ1) is 19.9. The molecule has 0 aliphatic carbocycles. The zero-order valence-corrected chi connectivity index (χ0v) is 16.1. The van der Waals surface area contributed by atoms with Crippen LogP contribution in [0.25, 0.3) is 0 Å². The van der Waals surface area contributed by atoms with Gasteiger partial charge in [-0.05, 0) is 11.6 Å². The highest BCUT2D eigenvalue weighted by Crippen LogP contribution is 2.07. The van der Waals surface area contributed by atoms with Crippen LogP contribution in [0, 0.1) is 0 Å². The Morgan fingerprint density at radius 1 is 1.39 bits per heavy atom. The van der Waals surface area contributed by atoms with E-state index in [1.165, 1.54) is 0 Å². The van der Waals surface area contributed by atoms with Gasteiger partial charge in [0.05, 0.1) is 20.3 Å². The van der Waals surface area contributed by atoms with Crippen LogP contribution in [0.2, 0.25) is 0 Å². The van der Waals surface area contributed by atoms with E-state index in [1.807, 2.05) is 12.1 Å². The van der Waals surface area contributed by atoms with Gasteiger partial charge in [-0.3, -0.25) is 9.89 Å². The number of aromatic nitrogens is 1. The van der Waals surface area contributed by atoms with E-state index in [1.54, 1.807) is 20.4 Å². The lowest BCUT2D eigenvalue weighted by Crippen LogP contribution is -2.44. The van der Waals surface area contributed by atoms with Crippen molar-refractivity contribution in [1.82, 2.24) is 20.5 Å². The number of guanidine groups is 1. The highest BCUT2D eigenvalue weighted by Gasteiger charge is 2.09. The van der Waals surface area contributed by atoms with Crippen molar-refractivity contribution < 1.29 is 9.47 Å². The molecule has 2 rings (SSSR count). The molecule has 0 radical (unpaired) electrons. The molecule has 0 unspecified atom stereocenters. The fourth-order valence-corrected chi connectivity index (χ4v) is 2.24. The van der Waals surface area contributed by atoms with E-state index in [4.69, 9.17) is 9.47 Å². The van der Waals surface area contributed by atoms with Crippen molar-refractivity contribution in [3.63, 3.8) is 0 Å². The summed E-state index contributed by atoms with van der Waals surface area (Å²) in [6.07, 6.45) is 1.74. The van der Waals surface area contributed by atoms with Crippen molar-refractivity contribution in [3.05, 3.63) is 23.9 Å². The van der Waals surface area contributed by atoms with Crippen LogP contribution in [0.4, 0.5) is 0 Å². The highest BCUT2D eigenvalue weighted by molar-refractivity contribution is 14.0. The summed E-state index contributed by atoms with van der Waals surface area (Å²) in [4.78, 5) is 10.7. The molecule has 1 aliphatic rings. The molecule has 2 N–H and O–H groups in total. The number of rotatable bonds is 6. The van der Waals surface area contributed by atoms with Gasteiger partial charge in [0.25, 0.3) is 0 Å². The van der Waals surface area contributed by atoms with Crippen molar-refractivity contribution in [2.75, 3.05) is 53.6 Å². The lowest BCUT2D eigenvalue weighted by molar-refractivity contribution is 0.0389. The van der Waals surface area contributed by atoms with Crippen LogP contribution in [0.3, 0.4) is 0 Å². The number of morpholine rings is 1. The maximum absolute atomic E-state index is 5.34. The molecule has 0 bridgehead atoms. The summed E-state index contributed by atoms with van der Waals surface area (Å²) in [6.45, 7) is 6.20. The third-order valence-corrected chi connectivity index (χ3v) is 3.52. The average molecular weight is 435 g/mol. The molecule has 1 aromatic heterocycles. The summed E-state index contributed by atoms with van der Waals surface area (Å²) < 4.78 is 10.5. The summed E-state index contributed by atoms with van der Waals surface area (Å²) in [6, 6.07) is 3.87. The van der Waals surface area contributed by atoms with Gasteiger partial charge in [-0.2, -0.15) is 0 Å². The molecule has 1 aromatic rings. The van der Waals surface area contributed by atoms with Gasteiger partial charge in [-0.15, -0.1) is 24.0 Å². The number of ether oxygens (including phenoxy) is 2. The Morgan fingerprint density at radius 2 is 2.17 bits per heavy atom. The maximum Gasteiger partial charge on any atom is 0.213 e. The molecule has 7 nitrogen and oxygen atoms in total. The molecule has 1 aliphatic heterocycles. The second kappa shape index (κ2) is 11.4. The molecule has 0 spiro atoms. The molecule has 1 fully saturated rings. The number of pyridine rings is 1. The molecule has 1 saturated heterocycles. The summed E-state index contributed by atoms with van der Waals surface area (Å²) in [5.41, 5.74) is 1.10. The third-order valence-electron chi connectivity index (χ3n) is 3.52. The topological polar surface area (TPSA) is 71.0 Å². The molecular formula is C15H26IN5O2. The Balaban J connectivity index is 0.00000264. The maximum atomic E-state index is 5.34. The van der Waals surface area contributed by atoms with Crippen molar-refractivity contribution in [3.8, 4) is 5.88 Å². The van der Waals surface area contributed by atoms with Gasteiger partial charge in [-0.1, -0.05) is 0 Å². The molecular weight excluding hydrogens is 409 g/mol. The van der Waals surface area contributed by atoms with Crippen LogP contribution in [0.5, 0.6) is 5.88 Å². The molecule has 2 heterocycles. The smallest absolute Gasteiger partial charge is 0.213 e. The Morgan fingerprint density at radius 3 is 2.87 bits per heavy atom. The Labute approximate surface area is 154 Å². The minimum Gasteiger partial charge on any atom is -0.481 e. The quantitative estimate of drug-likeness (QED) is 0.390. The number of halogens is 1. The highest BCUT2D eigenvalue weighted by atomic mass is 127. The van der Waals surface area contributed by atoms with E-state index >= 15 is 0 Å². The molecule has 23 heavy (non-hydrogen) atoms. The zero-order valence-electron chi connectivity index (χ0n) is 13.7. The van der Waals surface area contributed by atoms with Gasteiger partial charge in [0.15, 0.2) is 5.96 Å². The average Bonchev–Trinajstić information content (AvgIpc) is 2.59. The number of aliphatic imine (C=N–C) groups is 1. The fraction of sp³-hybridized carbons (Fsp3) is 0.600. The lowest BCUT2D eigenvalue weighted by atomic mass is 10.2. The van der Waals surface area contributed by atoms with Crippen LogP contribution in [0.1, 0.15) is 5.56 Å². The van der Waals surface area contributed by atoms with Gasteiger partial charge < -0.3 is 20.1 Å². The van der Waals surface area contributed by atoms with Gasteiger partial charge >= 0.3 is 0 Å². The van der Waals surface area contributed by atoms with Crippen molar-refractivity contribution in [2.45, 2.75) is 6.54 Å². The number of methoxy groups -OCH3 is 1. The predicted molar refractivity (Wildman–Crippen MR) is 102 cm³/mol. The van der Waals surface area contributed by atoms with Gasteiger partial charge in [0.2, 0.25) is 5.88 Å². The first-order valence-electron chi connectivity index (χ1n) is 7.55. The van der Waals surface area contributed by atoms with Crippen molar-refractivity contribution >= 4 is 29.9 Å². The first-order chi connectivity index (χ1) is 10.8. The van der Waals surface area contributed by atoms with E-state index in [0.717, 1.165) is 50.9 Å². The molecule has 0 saturated carbocycles. The molecule has 0 aromatic carbocycles. The Kier molecular flexibility index (Phi) is 9.88. The minimum atomic E-state index is 0. The van der Waals surface area contributed by atoms with Crippen molar-refractivity contribution in [1.29, 1.82) is 0 Å². The number of hydrogen-bond acceptors (Lipinski definition) is 5. The summed E-state index contributed by atoms with van der Waals surface area (Å²) in [5, 5.41) is 6.61. The fourth-order valence-electron chi connectivity index (χ4n) is 2.24. The predicted octanol–water partition coefficient (Wildman–Crippen LogP) is 0.705. The first-order valence-corrected chi connectivity index (χ1v) is 7.55. The molecule has 0 atom stereocenters. The lowest BCUT2D eigenvalue weighted by Gasteiger charge is -2.26. The Bertz CT molecular complexity index is 481. The zero-order chi connectivity index (χ0) is 15.6. The second-order valence-corrected chi connectivity index (χ2v) is 5.01. The second-order valence-electron chi connectivity index (χ2n) is 5.01. The molecule has 130 valence electrons. The van der Waals surface area contributed by atoms with Crippen molar-refractivity contribution in [2.24, 2.45) is 4.99 Å². The summed E-state index contributed by atoms with van der Waals surface area (Å²) >= 11 is 0. The van der Waals surface area contributed by atoms with E-state index in [2.05, 4.69) is 25.5 Å². The standard InChI is InChI=1S/C15H25N5O2.HI/c1-16-15(18-5-6-20-7-9-22-10-8-20)19-12-13-3-4-17-14(11-13)21-2;/h3-4,11H,5-10,12H2,1-2H3,(H2,16,18,19);1H. The molecule has 0 amide bonds. The summed E-state index contributed by atoms with van der Waals surface area (Å²) in [5.74, 6) is 1.42. The minimum absolute atomic E-state index is 0. The van der Waals surface area contributed by atoms with Crippen LogP contribution in [0.15, 0.2) is 23.3 Å². The van der Waals surface area contributed by atoms with E-state index < -0.39 is 0 Å². The number of nitrogens with zero attached hydrogens (tertiary/aromatic N) is 3. The normalized spacial score (nSPS) is 15.7. The third kappa shape index (κ3) is 7.32. The monoisotopic (exact) mass is 435 g/mol. The molecule has 8 heteroatoms. The number of hydrogen-bond donors (Lipinski definition) is 2. The number of nitrogens with one attached hydrogen (secondary N) is 2. The van der Waals surface area contributed by atoms with Gasteiger partial charge in [-0.25, -0.2) is 4.98 Å². The van der Waals surface area contributed by atoms with Crippen LogP contribution >= 0.6 is 24.0 Å². The SMILES string of the molecule is CN=C(NCCN1CCOCC1)NCc1ccnc(OC)c1.I. The van der Waals surface area contributed by atoms with Crippen LogP contribution < -0.4 is 15.4 Å².